The molecule has 62 heavy (non-hydrogen) atoms. The van der Waals surface area contributed by atoms with Crippen LogP contribution in [-0.2, 0) is 193 Å². The zero-order valence-corrected chi connectivity index (χ0v) is 51.5. The van der Waals surface area contributed by atoms with Crippen molar-refractivity contribution in [2.24, 2.45) is 0 Å². The molecule has 0 aliphatic carbocycles. The van der Waals surface area contributed by atoms with Gasteiger partial charge in [-0.2, -0.15) is 33.7 Å². The molecular weight excluding hydrogens is 1610 g/mol. The Balaban J connectivity index is -0.0000000481. The third-order valence-electron chi connectivity index (χ3n) is 4.35. The Hall–Kier alpha value is 3.11. The molecule has 0 rings (SSSR count). The van der Waals surface area contributed by atoms with Gasteiger partial charge in [0.05, 0.1) is 48.8 Å². The summed E-state index contributed by atoms with van der Waals surface area (Å²) in [5, 5.41) is 74.0. The van der Waals surface area contributed by atoms with Crippen molar-refractivity contribution in [2.75, 3.05) is 0 Å². The number of aliphatic hydroxyl groups is 8. The summed E-state index contributed by atoms with van der Waals surface area (Å²) in [6.45, 7) is 6.86. The van der Waals surface area contributed by atoms with Gasteiger partial charge in [0.1, 0.15) is 0 Å². The molecule has 0 aromatic carbocycles. The summed E-state index contributed by atoms with van der Waals surface area (Å²) in [7, 11) is -18.7. The summed E-state index contributed by atoms with van der Waals surface area (Å²) < 4.78 is 190. The van der Waals surface area contributed by atoms with E-state index in [4.69, 9.17) is 109 Å². The van der Waals surface area contributed by atoms with Crippen LogP contribution in [0.4, 0.5) is 0 Å². The van der Waals surface area contributed by atoms with Crippen LogP contribution in [0.25, 0.3) is 0 Å². The molecular formula is C20H56O32S4W2Zr4. The molecule has 42 heteroatoms. The smallest absolute Gasteiger partial charge is 0 e. The van der Waals surface area contributed by atoms with Gasteiger partial charge in [0, 0.05) is 105 Å². The summed E-state index contributed by atoms with van der Waals surface area (Å²) in [5.74, 6) is 0. The van der Waals surface area contributed by atoms with Gasteiger partial charge >= 0.3 is 104 Å². The summed E-state index contributed by atoms with van der Waals surface area (Å²) in [6.07, 6.45) is -2.22. The van der Waals surface area contributed by atoms with Gasteiger partial charge in [-0.3, -0.25) is 36.4 Å². The zero-order chi connectivity index (χ0) is 49.3. The van der Waals surface area contributed by atoms with E-state index in [1.54, 1.807) is 13.8 Å². The molecule has 0 bridgehead atoms. The van der Waals surface area contributed by atoms with E-state index in [0.717, 1.165) is 0 Å². The van der Waals surface area contributed by atoms with E-state index in [0.29, 0.717) is 12.8 Å². The second-order valence-corrected chi connectivity index (χ2v) is 20.6. The molecule has 380 valence electrons. The number of aliphatic hydroxyl groups excluding tert-OH is 8. The summed E-state index contributed by atoms with van der Waals surface area (Å²) in [4.78, 5) is 0. The van der Waals surface area contributed by atoms with E-state index >= 15 is 0 Å². The van der Waals surface area contributed by atoms with Gasteiger partial charge in [0.2, 0.25) is 0 Å². The summed E-state index contributed by atoms with van der Waals surface area (Å²) >= 11 is -11.3. The van der Waals surface area contributed by atoms with Gasteiger partial charge in [-0.05, 0) is 65.2 Å². The molecule has 32 nitrogen and oxygen atoms in total. The monoisotopic (exact) mass is 1660 g/mol. The van der Waals surface area contributed by atoms with Gasteiger partial charge in [0.15, 0.2) is 0 Å². The first-order chi connectivity index (χ1) is 24.9. The van der Waals surface area contributed by atoms with Crippen LogP contribution in [0, 0.1) is 0 Å². The average Bonchev–Trinajstić information content (AvgIpc) is 2.81. The largest absolute Gasteiger partial charge is 0 e. The van der Waals surface area contributed by atoms with Gasteiger partial charge in [-0.1, -0.05) is 13.8 Å². The fraction of sp³-hybridized carbons (Fsp3) is 1.00. The maximum Gasteiger partial charge on any atom is 0 e. The van der Waals surface area contributed by atoms with Crippen LogP contribution in [0.15, 0.2) is 0 Å². The van der Waals surface area contributed by atoms with Crippen molar-refractivity contribution in [3.05, 3.63) is 0 Å². The zero-order valence-electron chi connectivity index (χ0n) is 32.6. The Bertz CT molecular complexity index is 1320. The molecule has 0 saturated heterocycles. The topological polar surface area (TPSA) is 609 Å². The number of hydrogen-bond donors (Lipinski definition) is 20. The Morgan fingerprint density at radius 3 is 0.532 bits per heavy atom. The quantitative estimate of drug-likeness (QED) is 0.0723. The molecule has 0 aliphatic heterocycles. The molecule has 0 aliphatic rings. The van der Waals surface area contributed by atoms with Crippen molar-refractivity contribution < 1.29 is 278 Å². The number of hydrogen-bond acceptors (Lipinski definition) is 20. The van der Waals surface area contributed by atoms with E-state index in [9.17, 15) is 30.6 Å². The van der Waals surface area contributed by atoms with Gasteiger partial charge < -0.3 is 40.9 Å². The second-order valence-electron chi connectivity index (χ2n) is 10.5. The van der Waals surface area contributed by atoms with Crippen LogP contribution in [0.3, 0.4) is 0 Å². The second kappa shape index (κ2) is 50.5. The third-order valence-corrected chi connectivity index (χ3v) is 4.35. The van der Waals surface area contributed by atoms with Crippen molar-refractivity contribution >= 4 is 41.6 Å². The normalized spacial score (nSPS) is 14.7. The molecule has 0 spiro atoms. The predicted molar refractivity (Wildman–Crippen MR) is 176 cm³/mol. The van der Waals surface area contributed by atoms with Crippen LogP contribution >= 0.6 is 0 Å². The molecule has 0 radical (unpaired) electrons. The fourth-order valence-corrected chi connectivity index (χ4v) is 2.76. The average molecular weight is 1670 g/mol. The first-order valence-corrected chi connectivity index (χ1v) is 30.2. The molecule has 8 atom stereocenters. The molecule has 0 aromatic rings. The molecule has 0 amide bonds. The minimum Gasteiger partial charge on any atom is 0 e. The molecule has 8 unspecified atom stereocenters. The molecule has 0 fully saturated rings. The predicted octanol–water partition coefficient (Wildman–Crippen LogP) is -5.27. The maximum atomic E-state index is 9.43. The number of rotatable bonds is 14. The molecule has 0 heterocycles. The maximum absolute atomic E-state index is 9.43. The van der Waals surface area contributed by atoms with Crippen LogP contribution in [0.2, 0.25) is 0 Å². The Morgan fingerprint density at radius 2 is 0.435 bits per heavy atom. The molecule has 0 aromatic heterocycles. The van der Waals surface area contributed by atoms with Crippen LogP contribution in [-0.4, -0.2) is 175 Å². The SMILES string of the molecule is CCC(O)CC(O)CC(O)CC(C)O.CCC(O)CC(O)CC(O)CC(C)O.O=S(=O)(O)O.O=S(=O)(O)O.O=S(=O)(O)O.O=S(=O)(O)O.[O]=[W](=[O])([OH])[OH].[O]=[W](=[O])([OH])[OH].[Zr].[Zr].[Zr].[Zr]. The van der Waals surface area contributed by atoms with Crippen molar-refractivity contribution in [1.29, 1.82) is 0 Å². The van der Waals surface area contributed by atoms with Crippen molar-refractivity contribution in [3.8, 4) is 0 Å². The Morgan fingerprint density at radius 1 is 0.339 bits per heavy atom. The summed E-state index contributed by atoms with van der Waals surface area (Å²) in [6, 6.07) is 0. The van der Waals surface area contributed by atoms with E-state index in [2.05, 4.69) is 0 Å². The van der Waals surface area contributed by atoms with Crippen molar-refractivity contribution in [3.63, 3.8) is 0 Å². The summed E-state index contributed by atoms with van der Waals surface area (Å²) in [5.41, 5.74) is 0. The third kappa shape index (κ3) is 252. The van der Waals surface area contributed by atoms with E-state index in [-0.39, 0.29) is 143 Å². The van der Waals surface area contributed by atoms with Gasteiger partial charge in [-0.25, -0.2) is 0 Å². The van der Waals surface area contributed by atoms with E-state index < -0.39 is 124 Å². The minimum absolute atomic E-state index is 0. The minimum atomic E-state index is -5.67. The molecule has 20 N–H and O–H groups in total. The Kier molecular flexibility index (Phi) is 77.3. The van der Waals surface area contributed by atoms with Crippen molar-refractivity contribution in [2.45, 2.75) is 128 Å². The first kappa shape index (κ1) is 94.9. The van der Waals surface area contributed by atoms with Gasteiger partial charge in [-0.15, -0.1) is 0 Å². The van der Waals surface area contributed by atoms with Gasteiger partial charge in [0.25, 0.3) is 0 Å². The van der Waals surface area contributed by atoms with E-state index in [1.165, 1.54) is 0 Å². The van der Waals surface area contributed by atoms with Crippen LogP contribution in [0.1, 0.15) is 79.1 Å². The first-order valence-electron chi connectivity index (χ1n) is 14.5. The Labute approximate surface area is 441 Å². The van der Waals surface area contributed by atoms with Crippen LogP contribution < -0.4 is 0 Å². The molecule has 0 saturated carbocycles. The van der Waals surface area contributed by atoms with Crippen LogP contribution in [0.5, 0.6) is 0 Å². The van der Waals surface area contributed by atoms with Crippen molar-refractivity contribution in [1.82, 2.24) is 0 Å². The fourth-order valence-electron chi connectivity index (χ4n) is 2.76. The van der Waals surface area contributed by atoms with E-state index in [1.807, 2.05) is 13.8 Å². The standard InChI is InChI=1S/2C10H22O4.4H2O4S.4H2O.4O.2W.4Zr/c2*1-3-8(12)5-10(14)6-9(13)4-7(2)11;4*1-5(2,3)4;;;;;;;;;;;;;;/h2*7-14H,3-6H2,1-2H3;4*(H2,1,2,3,4);4*1H2;;;;;;;;;;/q;;;;;;;;;;;;;;2*+2;;;;/p-4.